The molecule has 0 saturated carbocycles. The quantitative estimate of drug-likeness (QED) is 0.373. The van der Waals surface area contributed by atoms with Gasteiger partial charge in [0, 0.05) is 6.07 Å². The maximum atomic E-state index is 11.6. The van der Waals surface area contributed by atoms with Crippen molar-refractivity contribution in [2.24, 2.45) is 5.10 Å². The average molecular weight is 304 g/mol. The molecule has 0 unspecified atom stereocenters. The van der Waals surface area contributed by atoms with E-state index in [1.807, 2.05) is 0 Å². The topological polar surface area (TPSA) is 141 Å². The van der Waals surface area contributed by atoms with Gasteiger partial charge in [-0.3, -0.25) is 30.4 Å². The normalized spacial score (nSPS) is 10.5. The number of nitrogens with zero attached hydrogens (tertiary/aromatic N) is 3. The van der Waals surface area contributed by atoms with E-state index >= 15 is 0 Å². The van der Waals surface area contributed by atoms with Crippen molar-refractivity contribution in [3.8, 4) is 0 Å². The van der Waals surface area contributed by atoms with Gasteiger partial charge in [-0.15, -0.1) is 0 Å². The number of hydrazone groups is 1. The molecule has 10 nitrogen and oxygen atoms in total. The molecule has 0 aliphatic carbocycles. The van der Waals surface area contributed by atoms with Crippen LogP contribution in [0.1, 0.15) is 10.6 Å². The molecule has 10 heteroatoms. The van der Waals surface area contributed by atoms with Crippen LogP contribution in [-0.4, -0.2) is 21.8 Å². The number of anilines is 1. The number of nitro benzene ring substituents is 2. The minimum atomic E-state index is -0.792. The van der Waals surface area contributed by atoms with Crippen LogP contribution in [0.15, 0.2) is 46.1 Å². The standard InChI is InChI=1S/C12H8N4O6/c17-11(12-2-1-5-22-12)7-13-14-9-4-3-8(15(18)19)6-10(9)16(20)21/h1-7,14H/b13-7+. The zero-order chi connectivity index (χ0) is 16.1. The Morgan fingerprint density at radius 2 is 2.00 bits per heavy atom. The first-order chi connectivity index (χ1) is 10.5. The number of nitrogens with one attached hydrogen (secondary N) is 1. The van der Waals surface area contributed by atoms with Crippen LogP contribution in [0.2, 0.25) is 0 Å². The summed E-state index contributed by atoms with van der Waals surface area (Å²) in [5.41, 5.74) is 1.26. The maximum absolute atomic E-state index is 11.6. The number of non-ortho nitro benzene ring substituents is 1. The van der Waals surface area contributed by atoms with Gasteiger partial charge in [0.2, 0.25) is 5.78 Å². The second-order valence-corrected chi connectivity index (χ2v) is 3.93. The van der Waals surface area contributed by atoms with Crippen molar-refractivity contribution in [3.05, 3.63) is 62.6 Å². The van der Waals surface area contributed by atoms with Crippen molar-refractivity contribution >= 4 is 29.1 Å². The molecule has 1 aromatic heterocycles. The molecule has 0 saturated heterocycles. The van der Waals surface area contributed by atoms with Gasteiger partial charge in [-0.1, -0.05) is 0 Å². The third kappa shape index (κ3) is 3.30. The minimum Gasteiger partial charge on any atom is -0.461 e. The smallest absolute Gasteiger partial charge is 0.301 e. The van der Waals surface area contributed by atoms with Gasteiger partial charge in [0.25, 0.3) is 5.69 Å². The average Bonchev–Trinajstić information content (AvgIpc) is 3.01. The van der Waals surface area contributed by atoms with Gasteiger partial charge in [0.15, 0.2) is 5.76 Å². The highest BCUT2D eigenvalue weighted by molar-refractivity contribution is 6.34. The molecule has 2 rings (SSSR count). The predicted octanol–water partition coefficient (Wildman–Crippen LogP) is 2.38. The largest absolute Gasteiger partial charge is 0.461 e. The van der Waals surface area contributed by atoms with Crippen LogP contribution in [0, 0.1) is 20.2 Å². The van der Waals surface area contributed by atoms with Crippen LogP contribution in [0.25, 0.3) is 0 Å². The highest BCUT2D eigenvalue weighted by Crippen LogP contribution is 2.28. The number of Topliss-reactive ketones (excluding diaryl/α,β-unsaturated/α-hetero) is 1. The molecule has 0 radical (unpaired) electrons. The fraction of sp³-hybridized carbons (Fsp3) is 0. The highest BCUT2D eigenvalue weighted by Gasteiger charge is 2.19. The van der Waals surface area contributed by atoms with E-state index in [2.05, 4.69) is 10.5 Å². The molecule has 1 N–H and O–H groups in total. The summed E-state index contributed by atoms with van der Waals surface area (Å²) in [4.78, 5) is 31.5. The molecular formula is C12H8N4O6. The van der Waals surface area contributed by atoms with Crippen molar-refractivity contribution in [1.82, 2.24) is 0 Å². The maximum Gasteiger partial charge on any atom is 0.301 e. The molecule has 0 bridgehead atoms. The Hall–Kier alpha value is -3.56. The Morgan fingerprint density at radius 1 is 1.23 bits per heavy atom. The monoisotopic (exact) mass is 304 g/mol. The van der Waals surface area contributed by atoms with Gasteiger partial charge in [0.1, 0.15) is 5.69 Å². The van der Waals surface area contributed by atoms with Crippen LogP contribution in [0.3, 0.4) is 0 Å². The molecule has 0 aliphatic heterocycles. The summed E-state index contributed by atoms with van der Waals surface area (Å²) < 4.78 is 4.85. The van der Waals surface area contributed by atoms with Crippen LogP contribution >= 0.6 is 0 Å². The predicted molar refractivity (Wildman–Crippen MR) is 74.9 cm³/mol. The number of nitro groups is 2. The number of ketones is 1. The van der Waals surface area contributed by atoms with E-state index in [1.54, 1.807) is 0 Å². The fourth-order valence-electron chi connectivity index (χ4n) is 1.52. The Balaban J connectivity index is 2.17. The van der Waals surface area contributed by atoms with E-state index in [4.69, 9.17) is 4.42 Å². The molecule has 1 heterocycles. The zero-order valence-corrected chi connectivity index (χ0v) is 10.8. The molecule has 22 heavy (non-hydrogen) atoms. The van der Waals surface area contributed by atoms with Crippen molar-refractivity contribution in [1.29, 1.82) is 0 Å². The Kier molecular flexibility index (Phi) is 4.22. The number of furan rings is 1. The number of rotatable bonds is 6. The van der Waals surface area contributed by atoms with Gasteiger partial charge >= 0.3 is 5.69 Å². The molecule has 1 aromatic carbocycles. The second kappa shape index (κ2) is 6.26. The first-order valence-electron chi connectivity index (χ1n) is 5.79. The summed E-state index contributed by atoms with van der Waals surface area (Å²) in [6.45, 7) is 0. The summed E-state index contributed by atoms with van der Waals surface area (Å²) in [6, 6.07) is 5.97. The van der Waals surface area contributed by atoms with Crippen molar-refractivity contribution in [2.45, 2.75) is 0 Å². The third-order valence-corrected chi connectivity index (χ3v) is 2.52. The Labute approximate surface area is 122 Å². The number of carbonyl (C=O) groups excluding carboxylic acids is 1. The minimum absolute atomic E-state index is 0.0590. The van der Waals surface area contributed by atoms with Crippen LogP contribution in [0.4, 0.5) is 17.1 Å². The van der Waals surface area contributed by atoms with Gasteiger partial charge in [-0.2, -0.15) is 5.10 Å². The summed E-state index contributed by atoms with van der Waals surface area (Å²) in [6.07, 6.45) is 2.19. The van der Waals surface area contributed by atoms with Gasteiger partial charge < -0.3 is 4.42 Å². The molecule has 0 atom stereocenters. The number of benzene rings is 1. The van der Waals surface area contributed by atoms with Crippen LogP contribution in [0.5, 0.6) is 0 Å². The molecule has 0 fully saturated rings. The lowest BCUT2D eigenvalue weighted by molar-refractivity contribution is -0.393. The summed E-state index contributed by atoms with van der Waals surface area (Å²) in [7, 11) is 0. The first-order valence-corrected chi connectivity index (χ1v) is 5.79. The molecular weight excluding hydrogens is 296 g/mol. The second-order valence-electron chi connectivity index (χ2n) is 3.93. The number of hydrogen-bond acceptors (Lipinski definition) is 8. The highest BCUT2D eigenvalue weighted by atomic mass is 16.6. The van der Waals surface area contributed by atoms with Crippen molar-refractivity contribution < 1.29 is 19.1 Å². The first kappa shape index (κ1) is 14.8. The fourth-order valence-corrected chi connectivity index (χ4v) is 1.52. The van der Waals surface area contributed by atoms with E-state index in [-0.39, 0.29) is 11.4 Å². The zero-order valence-electron chi connectivity index (χ0n) is 10.8. The molecule has 0 spiro atoms. The number of hydrogen-bond donors (Lipinski definition) is 1. The molecule has 112 valence electrons. The van der Waals surface area contributed by atoms with Crippen LogP contribution < -0.4 is 5.43 Å². The van der Waals surface area contributed by atoms with Crippen molar-refractivity contribution in [3.63, 3.8) is 0 Å². The van der Waals surface area contributed by atoms with Gasteiger partial charge in [-0.25, -0.2) is 0 Å². The Bertz CT molecular complexity index is 753. The van der Waals surface area contributed by atoms with Crippen molar-refractivity contribution in [2.75, 3.05) is 5.43 Å². The Morgan fingerprint density at radius 3 is 2.59 bits per heavy atom. The van der Waals surface area contributed by atoms with E-state index in [1.165, 1.54) is 18.4 Å². The van der Waals surface area contributed by atoms with E-state index in [0.717, 1.165) is 24.4 Å². The lowest BCUT2D eigenvalue weighted by Gasteiger charge is -2.01. The van der Waals surface area contributed by atoms with E-state index in [0.29, 0.717) is 0 Å². The lowest BCUT2D eigenvalue weighted by Crippen LogP contribution is -2.02. The molecule has 2 aromatic rings. The summed E-state index contributed by atoms with van der Waals surface area (Å²) in [5.74, 6) is -0.481. The van der Waals surface area contributed by atoms with E-state index in [9.17, 15) is 25.0 Å². The SMILES string of the molecule is O=C(/C=N/Nc1ccc([N+](=O)[O-])cc1[N+](=O)[O-])c1ccco1. The summed E-state index contributed by atoms with van der Waals surface area (Å²) in [5, 5.41) is 25.0. The lowest BCUT2D eigenvalue weighted by atomic mass is 10.2. The third-order valence-electron chi connectivity index (χ3n) is 2.52. The van der Waals surface area contributed by atoms with Crippen LogP contribution in [-0.2, 0) is 0 Å². The van der Waals surface area contributed by atoms with Gasteiger partial charge in [0.05, 0.1) is 28.4 Å². The number of carbonyl (C=O) groups is 1. The van der Waals surface area contributed by atoms with E-state index < -0.39 is 27.0 Å². The summed E-state index contributed by atoms with van der Waals surface area (Å²) >= 11 is 0. The van der Waals surface area contributed by atoms with Gasteiger partial charge in [-0.05, 0) is 18.2 Å². The molecule has 0 aliphatic rings. The molecule has 0 amide bonds.